The van der Waals surface area contributed by atoms with Gasteiger partial charge >= 0.3 is 5.97 Å². The van der Waals surface area contributed by atoms with E-state index >= 15 is 0 Å². The van der Waals surface area contributed by atoms with Crippen molar-refractivity contribution in [3.8, 4) is 0 Å². The molecular weight excluding hydrogens is 151 g/mol. The van der Waals surface area contributed by atoms with E-state index in [1.807, 2.05) is 6.92 Å². The third-order valence-corrected chi connectivity index (χ3v) is 1.13. The van der Waals surface area contributed by atoms with Crippen LogP contribution < -0.4 is 0 Å². The third-order valence-electron chi connectivity index (χ3n) is 1.13. The van der Waals surface area contributed by atoms with Crippen molar-refractivity contribution < 1.29 is 19.0 Å². The maximum absolute atomic E-state index is 12.3. The maximum atomic E-state index is 12.3. The van der Waals surface area contributed by atoms with Crippen molar-refractivity contribution in [3.05, 3.63) is 0 Å². The lowest BCUT2D eigenvalue weighted by Crippen LogP contribution is -2.16. The van der Waals surface area contributed by atoms with Gasteiger partial charge in [-0.15, -0.1) is 0 Å². The zero-order valence-electron chi connectivity index (χ0n) is 6.55. The van der Waals surface area contributed by atoms with Crippen LogP contribution in [0.15, 0.2) is 0 Å². The molecular formula is C7H13FO3. The van der Waals surface area contributed by atoms with Crippen molar-refractivity contribution in [2.75, 3.05) is 13.2 Å². The highest BCUT2D eigenvalue weighted by Crippen LogP contribution is 1.98. The Morgan fingerprint density at radius 2 is 2.27 bits per heavy atom. The molecule has 0 fully saturated rings. The molecule has 0 amide bonds. The molecule has 1 unspecified atom stereocenters. The molecule has 0 heterocycles. The van der Waals surface area contributed by atoms with Gasteiger partial charge < -0.3 is 9.84 Å². The summed E-state index contributed by atoms with van der Waals surface area (Å²) in [5, 5.41) is 8.11. The second-order valence-electron chi connectivity index (χ2n) is 2.21. The number of aliphatic carboxylic acids is 1. The molecule has 0 aliphatic heterocycles. The van der Waals surface area contributed by atoms with Crippen molar-refractivity contribution in [1.29, 1.82) is 0 Å². The number of hydrogen-bond acceptors (Lipinski definition) is 2. The Balaban J connectivity index is 3.17. The lowest BCUT2D eigenvalue weighted by molar-refractivity contribution is -0.143. The number of carboxylic acids is 1. The van der Waals surface area contributed by atoms with Crippen LogP contribution in [-0.2, 0) is 9.53 Å². The first-order chi connectivity index (χ1) is 5.18. The Kier molecular flexibility index (Phi) is 5.74. The summed E-state index contributed by atoms with van der Waals surface area (Å²) in [6.45, 7) is 2.68. The second-order valence-corrected chi connectivity index (χ2v) is 2.21. The summed E-state index contributed by atoms with van der Waals surface area (Å²) in [6, 6.07) is 0. The lowest BCUT2D eigenvalue weighted by atomic mass is 10.3. The number of halogens is 1. The summed E-state index contributed by atoms with van der Waals surface area (Å²) in [7, 11) is 0. The minimum absolute atomic E-state index is 0.0602. The fourth-order valence-electron chi connectivity index (χ4n) is 0.557. The number of ether oxygens (including phenoxy) is 1. The first-order valence-electron chi connectivity index (χ1n) is 3.63. The highest BCUT2D eigenvalue weighted by molar-refractivity contribution is 5.71. The van der Waals surface area contributed by atoms with Gasteiger partial charge in [-0.1, -0.05) is 6.92 Å². The van der Waals surface area contributed by atoms with Crippen molar-refractivity contribution in [3.63, 3.8) is 0 Å². The summed E-state index contributed by atoms with van der Waals surface area (Å²) in [6.07, 6.45) is -0.980. The van der Waals surface area contributed by atoms with Crippen LogP contribution in [0.1, 0.15) is 19.8 Å². The topological polar surface area (TPSA) is 46.5 Å². The van der Waals surface area contributed by atoms with Gasteiger partial charge in [-0.3, -0.25) is 0 Å². The average Bonchev–Trinajstić information content (AvgIpc) is 1.97. The van der Waals surface area contributed by atoms with Crippen LogP contribution in [0.4, 0.5) is 4.39 Å². The quantitative estimate of drug-likeness (QED) is 0.600. The van der Waals surface area contributed by atoms with Gasteiger partial charge in [0.2, 0.25) is 0 Å². The number of carboxylic acid groups (broad SMARTS) is 1. The van der Waals surface area contributed by atoms with Crippen LogP contribution in [-0.4, -0.2) is 30.5 Å². The van der Waals surface area contributed by atoms with Gasteiger partial charge in [0.15, 0.2) is 6.17 Å². The molecule has 0 rings (SSSR count). The Labute approximate surface area is 65.2 Å². The summed E-state index contributed by atoms with van der Waals surface area (Å²) in [4.78, 5) is 9.93. The van der Waals surface area contributed by atoms with Gasteiger partial charge in [-0.25, -0.2) is 9.18 Å². The normalized spacial score (nSPS) is 12.9. The largest absolute Gasteiger partial charge is 0.479 e. The van der Waals surface area contributed by atoms with E-state index in [2.05, 4.69) is 0 Å². The average molecular weight is 164 g/mol. The van der Waals surface area contributed by atoms with E-state index in [0.29, 0.717) is 6.61 Å². The summed E-state index contributed by atoms with van der Waals surface area (Å²) in [5.74, 6) is -1.41. The molecule has 0 bridgehead atoms. The van der Waals surface area contributed by atoms with Crippen molar-refractivity contribution in [2.45, 2.75) is 25.9 Å². The van der Waals surface area contributed by atoms with E-state index in [-0.39, 0.29) is 13.0 Å². The molecule has 0 radical (unpaired) electrons. The van der Waals surface area contributed by atoms with Crippen LogP contribution in [0.2, 0.25) is 0 Å². The number of rotatable bonds is 6. The Morgan fingerprint density at radius 3 is 2.73 bits per heavy atom. The third kappa shape index (κ3) is 5.79. The monoisotopic (exact) mass is 164 g/mol. The van der Waals surface area contributed by atoms with Gasteiger partial charge in [-0.2, -0.15) is 0 Å². The van der Waals surface area contributed by atoms with Gasteiger partial charge in [-0.05, 0) is 6.42 Å². The smallest absolute Gasteiger partial charge is 0.338 e. The molecule has 4 heteroatoms. The summed E-state index contributed by atoms with van der Waals surface area (Å²) < 4.78 is 17.2. The first kappa shape index (κ1) is 10.4. The lowest BCUT2D eigenvalue weighted by Gasteiger charge is -2.02. The van der Waals surface area contributed by atoms with E-state index in [1.54, 1.807) is 0 Å². The van der Waals surface area contributed by atoms with E-state index in [1.165, 1.54) is 0 Å². The molecule has 0 aromatic rings. The van der Waals surface area contributed by atoms with E-state index in [0.717, 1.165) is 6.42 Å². The first-order valence-corrected chi connectivity index (χ1v) is 3.63. The fourth-order valence-corrected chi connectivity index (χ4v) is 0.557. The number of carbonyl (C=O) groups is 1. The number of hydrogen-bond donors (Lipinski definition) is 1. The fraction of sp³-hybridized carbons (Fsp3) is 0.857. The van der Waals surface area contributed by atoms with Crippen molar-refractivity contribution in [2.24, 2.45) is 0 Å². The number of alkyl halides is 1. The van der Waals surface area contributed by atoms with E-state index in [4.69, 9.17) is 9.84 Å². The molecule has 0 spiro atoms. The summed E-state index contributed by atoms with van der Waals surface area (Å²) >= 11 is 0. The van der Waals surface area contributed by atoms with Crippen LogP contribution in [0.5, 0.6) is 0 Å². The van der Waals surface area contributed by atoms with Crippen molar-refractivity contribution >= 4 is 5.97 Å². The molecule has 0 aromatic carbocycles. The molecule has 0 saturated carbocycles. The summed E-state index contributed by atoms with van der Waals surface area (Å²) in [5.41, 5.74) is 0. The van der Waals surface area contributed by atoms with Crippen LogP contribution in [0, 0.1) is 0 Å². The van der Waals surface area contributed by atoms with Gasteiger partial charge in [0.05, 0.1) is 0 Å². The Bertz CT molecular complexity index is 116. The molecule has 0 saturated heterocycles. The molecule has 0 aliphatic carbocycles. The molecule has 66 valence electrons. The molecule has 3 nitrogen and oxygen atoms in total. The molecule has 11 heavy (non-hydrogen) atoms. The zero-order valence-corrected chi connectivity index (χ0v) is 6.55. The maximum Gasteiger partial charge on any atom is 0.338 e. The van der Waals surface area contributed by atoms with E-state index in [9.17, 15) is 9.18 Å². The van der Waals surface area contributed by atoms with Crippen LogP contribution >= 0.6 is 0 Å². The molecule has 0 aliphatic rings. The molecule has 1 N–H and O–H groups in total. The minimum Gasteiger partial charge on any atom is -0.479 e. The SMILES string of the molecule is CCCOCCC(F)C(=O)O. The van der Waals surface area contributed by atoms with Crippen LogP contribution in [0.25, 0.3) is 0 Å². The predicted octanol–water partition coefficient (Wildman–Crippen LogP) is 1.23. The Morgan fingerprint density at radius 1 is 1.64 bits per heavy atom. The van der Waals surface area contributed by atoms with Gasteiger partial charge in [0.1, 0.15) is 0 Å². The zero-order chi connectivity index (χ0) is 8.69. The highest BCUT2D eigenvalue weighted by Gasteiger charge is 2.14. The highest BCUT2D eigenvalue weighted by atomic mass is 19.1. The second kappa shape index (κ2) is 6.09. The minimum atomic E-state index is -1.79. The molecule has 1 atom stereocenters. The Hall–Kier alpha value is -0.640. The van der Waals surface area contributed by atoms with Gasteiger partial charge in [0.25, 0.3) is 0 Å². The van der Waals surface area contributed by atoms with Crippen molar-refractivity contribution in [1.82, 2.24) is 0 Å². The predicted molar refractivity (Wildman–Crippen MR) is 38.3 cm³/mol. The molecule has 0 aromatic heterocycles. The standard InChI is InChI=1S/C7H13FO3/c1-2-4-11-5-3-6(8)7(9)10/h6H,2-5H2,1H3,(H,9,10). The van der Waals surface area contributed by atoms with Gasteiger partial charge in [0, 0.05) is 19.6 Å². The van der Waals surface area contributed by atoms with Crippen LogP contribution in [0.3, 0.4) is 0 Å². The van der Waals surface area contributed by atoms with E-state index < -0.39 is 12.1 Å².